The lowest BCUT2D eigenvalue weighted by atomic mass is 10.1. The molecule has 2 heterocycles. The van der Waals surface area contributed by atoms with Gasteiger partial charge in [0.15, 0.2) is 0 Å². The summed E-state index contributed by atoms with van der Waals surface area (Å²) in [4.78, 5) is 28.4. The Morgan fingerprint density at radius 3 is 2.48 bits per heavy atom. The number of esters is 2. The lowest BCUT2D eigenvalue weighted by molar-refractivity contribution is 0.0481. The number of ether oxygens (including phenoxy) is 2. The Labute approximate surface area is 136 Å². The van der Waals surface area contributed by atoms with Gasteiger partial charge in [-0.1, -0.05) is 11.3 Å². The average molecular weight is 336 g/mol. The van der Waals surface area contributed by atoms with Crippen LogP contribution in [0.4, 0.5) is 10.0 Å². The molecule has 0 unspecified atom stereocenters. The van der Waals surface area contributed by atoms with Gasteiger partial charge >= 0.3 is 11.9 Å². The average Bonchev–Trinajstić information content (AvgIpc) is 3.12. The lowest BCUT2D eigenvalue weighted by Gasteiger charge is -2.05. The van der Waals surface area contributed by atoms with Crippen molar-refractivity contribution < 1.29 is 23.5 Å². The summed E-state index contributed by atoms with van der Waals surface area (Å²) >= 11 is 1.01. The summed E-state index contributed by atoms with van der Waals surface area (Å²) in [6.07, 6.45) is 2.93. The van der Waals surface area contributed by atoms with Gasteiger partial charge in [0, 0.05) is 0 Å². The van der Waals surface area contributed by atoms with Gasteiger partial charge in [-0.2, -0.15) is 0 Å². The Morgan fingerprint density at radius 2 is 1.91 bits per heavy atom. The molecule has 2 rings (SSSR count). The number of hydrogen-bond donors (Lipinski definition) is 1. The van der Waals surface area contributed by atoms with Gasteiger partial charge in [-0.25, -0.2) is 14.6 Å². The molecule has 0 radical (unpaired) electrons. The van der Waals surface area contributed by atoms with Gasteiger partial charge < -0.3 is 19.6 Å². The van der Waals surface area contributed by atoms with Crippen LogP contribution < -0.4 is 5.73 Å². The summed E-state index contributed by atoms with van der Waals surface area (Å²) in [5.41, 5.74) is 5.87. The number of thiophene rings is 1. The maximum Gasteiger partial charge on any atom is 0.342 e. The third kappa shape index (κ3) is 3.78. The van der Waals surface area contributed by atoms with Gasteiger partial charge in [0.2, 0.25) is 0 Å². The van der Waals surface area contributed by atoms with E-state index in [-0.39, 0.29) is 34.3 Å². The van der Waals surface area contributed by atoms with E-state index in [1.807, 2.05) is 0 Å². The van der Waals surface area contributed by atoms with Crippen molar-refractivity contribution in [1.29, 1.82) is 0 Å². The van der Waals surface area contributed by atoms with Crippen molar-refractivity contribution in [1.82, 2.24) is 0 Å². The summed E-state index contributed by atoms with van der Waals surface area (Å²) in [7, 11) is 0. The standard InChI is InChI=1S/C15H16N2O5S/c1-3-20-14(18)10-11(15(19)21-4-2)13(23-12(10)16)17-8-9-6-5-7-22-9/h5-8H,3-4,16H2,1-2H3. The fraction of sp³-hybridized carbons (Fsp3) is 0.267. The molecule has 0 aromatic carbocycles. The van der Waals surface area contributed by atoms with Crippen molar-refractivity contribution in [3.05, 3.63) is 35.3 Å². The fourth-order valence-corrected chi connectivity index (χ4v) is 2.70. The number of hydrogen-bond acceptors (Lipinski definition) is 8. The molecule has 0 saturated carbocycles. The zero-order chi connectivity index (χ0) is 16.8. The van der Waals surface area contributed by atoms with Crippen molar-refractivity contribution in [2.75, 3.05) is 18.9 Å². The lowest BCUT2D eigenvalue weighted by Crippen LogP contribution is -2.13. The molecule has 2 aromatic rings. The van der Waals surface area contributed by atoms with Gasteiger partial charge in [-0.05, 0) is 26.0 Å². The zero-order valence-corrected chi connectivity index (χ0v) is 13.5. The summed E-state index contributed by atoms with van der Waals surface area (Å²) < 4.78 is 15.1. The third-order valence-corrected chi connectivity index (χ3v) is 3.66. The number of carbonyl (C=O) groups is 2. The molecule has 8 heteroatoms. The van der Waals surface area contributed by atoms with Crippen LogP contribution in [-0.2, 0) is 9.47 Å². The molecule has 23 heavy (non-hydrogen) atoms. The number of carbonyl (C=O) groups excluding carboxylic acids is 2. The molecular formula is C15H16N2O5S. The second-order valence-electron chi connectivity index (χ2n) is 4.24. The Hall–Kier alpha value is -2.61. The molecule has 0 aliphatic heterocycles. The van der Waals surface area contributed by atoms with E-state index in [0.717, 1.165) is 11.3 Å². The Morgan fingerprint density at radius 1 is 1.26 bits per heavy atom. The minimum Gasteiger partial charge on any atom is -0.463 e. The molecule has 2 N–H and O–H groups in total. The summed E-state index contributed by atoms with van der Waals surface area (Å²) in [6.45, 7) is 3.67. The number of nitrogens with two attached hydrogens (primary N) is 1. The molecular weight excluding hydrogens is 320 g/mol. The first kappa shape index (κ1) is 16.8. The first-order valence-corrected chi connectivity index (χ1v) is 7.74. The molecule has 122 valence electrons. The van der Waals surface area contributed by atoms with Gasteiger partial charge in [-0.3, -0.25) is 0 Å². The van der Waals surface area contributed by atoms with E-state index in [0.29, 0.717) is 5.76 Å². The fourth-order valence-electron chi connectivity index (χ4n) is 1.81. The van der Waals surface area contributed by atoms with Crippen LogP contribution in [0.2, 0.25) is 0 Å². The zero-order valence-electron chi connectivity index (χ0n) is 12.7. The number of anilines is 1. The van der Waals surface area contributed by atoms with Crippen molar-refractivity contribution in [2.45, 2.75) is 13.8 Å². The van der Waals surface area contributed by atoms with Gasteiger partial charge in [0.25, 0.3) is 0 Å². The van der Waals surface area contributed by atoms with Crippen LogP contribution in [0, 0.1) is 0 Å². The molecule has 0 aliphatic carbocycles. The van der Waals surface area contributed by atoms with Gasteiger partial charge in [-0.15, -0.1) is 0 Å². The molecule has 0 fully saturated rings. The third-order valence-electron chi connectivity index (χ3n) is 2.73. The van der Waals surface area contributed by atoms with Crippen LogP contribution in [0.15, 0.2) is 27.8 Å². The van der Waals surface area contributed by atoms with Crippen LogP contribution in [-0.4, -0.2) is 31.4 Å². The van der Waals surface area contributed by atoms with Gasteiger partial charge in [0.1, 0.15) is 26.9 Å². The Balaban J connectivity index is 2.46. The van der Waals surface area contributed by atoms with E-state index in [9.17, 15) is 9.59 Å². The quantitative estimate of drug-likeness (QED) is 0.642. The SMILES string of the molecule is CCOC(=O)c1c(N)sc(N=Cc2ccco2)c1C(=O)OCC. The predicted octanol–water partition coefficient (Wildman–Crippen LogP) is 3.03. The minimum atomic E-state index is -0.677. The summed E-state index contributed by atoms with van der Waals surface area (Å²) in [5, 5.41) is 0.415. The highest BCUT2D eigenvalue weighted by atomic mass is 32.1. The maximum atomic E-state index is 12.2. The first-order chi connectivity index (χ1) is 11.1. The van der Waals surface area contributed by atoms with E-state index in [1.54, 1.807) is 26.0 Å². The van der Waals surface area contributed by atoms with Crippen LogP contribution in [0.25, 0.3) is 0 Å². The largest absolute Gasteiger partial charge is 0.463 e. The van der Waals surface area contributed by atoms with Crippen molar-refractivity contribution in [3.8, 4) is 0 Å². The van der Waals surface area contributed by atoms with E-state index in [2.05, 4.69) is 4.99 Å². The smallest absolute Gasteiger partial charge is 0.342 e. The molecule has 2 aromatic heterocycles. The van der Waals surface area contributed by atoms with Crippen molar-refractivity contribution in [3.63, 3.8) is 0 Å². The minimum absolute atomic E-state index is 0.00982. The highest BCUT2D eigenvalue weighted by Gasteiger charge is 2.29. The van der Waals surface area contributed by atoms with E-state index in [4.69, 9.17) is 19.6 Å². The molecule has 0 aliphatic rings. The van der Waals surface area contributed by atoms with E-state index < -0.39 is 11.9 Å². The molecule has 0 spiro atoms. The topological polar surface area (TPSA) is 104 Å². The molecule has 0 bridgehead atoms. The summed E-state index contributed by atoms with van der Waals surface area (Å²) in [5.74, 6) is -0.844. The van der Waals surface area contributed by atoms with Gasteiger partial charge in [0.05, 0.1) is 25.7 Å². The normalized spacial score (nSPS) is 10.9. The number of nitrogens with zero attached hydrogens (tertiary/aromatic N) is 1. The second kappa shape index (κ2) is 7.59. The number of nitrogen functional groups attached to an aromatic ring is 1. The van der Waals surface area contributed by atoms with Crippen LogP contribution in [0.3, 0.4) is 0 Å². The van der Waals surface area contributed by atoms with Crippen molar-refractivity contribution >= 4 is 39.5 Å². The number of rotatable bonds is 6. The van der Waals surface area contributed by atoms with E-state index in [1.165, 1.54) is 12.5 Å². The monoisotopic (exact) mass is 336 g/mol. The van der Waals surface area contributed by atoms with Crippen LogP contribution in [0.5, 0.6) is 0 Å². The molecule has 0 atom stereocenters. The highest BCUT2D eigenvalue weighted by Crippen LogP contribution is 2.38. The first-order valence-electron chi connectivity index (χ1n) is 6.92. The summed E-state index contributed by atoms with van der Waals surface area (Å²) in [6, 6.07) is 3.41. The second-order valence-corrected chi connectivity index (χ2v) is 5.27. The molecule has 7 nitrogen and oxygen atoms in total. The molecule has 0 amide bonds. The van der Waals surface area contributed by atoms with Crippen molar-refractivity contribution in [2.24, 2.45) is 4.99 Å². The number of aliphatic imine (C=N–C) groups is 1. The van der Waals surface area contributed by atoms with Crippen LogP contribution in [0.1, 0.15) is 40.3 Å². The Bertz CT molecular complexity index is 719. The van der Waals surface area contributed by atoms with E-state index >= 15 is 0 Å². The number of furan rings is 1. The predicted molar refractivity (Wildman–Crippen MR) is 86.6 cm³/mol. The molecule has 0 saturated heterocycles. The van der Waals surface area contributed by atoms with Crippen LogP contribution >= 0.6 is 11.3 Å². The maximum absolute atomic E-state index is 12.2. The highest BCUT2D eigenvalue weighted by molar-refractivity contribution is 7.20. The Kier molecular flexibility index (Phi) is 5.53.